The van der Waals surface area contributed by atoms with Gasteiger partial charge < -0.3 is 43.2 Å². The smallest absolute Gasteiger partial charge is 0.393 e. The highest BCUT2D eigenvalue weighted by atomic mass is 35.5. The summed E-state index contributed by atoms with van der Waals surface area (Å²) < 4.78 is 55.3. The normalized spacial score (nSPS) is 26.5. The molecule has 1 amide bonds. The molecule has 17 heteroatoms. The van der Waals surface area contributed by atoms with E-state index in [0.29, 0.717) is 5.39 Å². The van der Waals surface area contributed by atoms with Crippen molar-refractivity contribution in [3.05, 3.63) is 11.5 Å². The monoisotopic (exact) mass is 633 g/mol. The number of hydrogen-bond acceptors (Lipinski definition) is 13. The van der Waals surface area contributed by atoms with Crippen LogP contribution in [0.5, 0.6) is 5.88 Å². The van der Waals surface area contributed by atoms with Gasteiger partial charge in [0.25, 0.3) is 0 Å². The lowest BCUT2D eigenvalue weighted by Crippen LogP contribution is -2.35. The van der Waals surface area contributed by atoms with Crippen LogP contribution >= 0.6 is 19.2 Å². The van der Waals surface area contributed by atoms with Crippen molar-refractivity contribution in [2.24, 2.45) is 0 Å². The van der Waals surface area contributed by atoms with E-state index in [9.17, 15) is 14.5 Å². The van der Waals surface area contributed by atoms with Crippen LogP contribution in [0.4, 0.5) is 4.79 Å². The maximum absolute atomic E-state index is 13.2. The number of hydrogen-bond donors (Lipinski definition) is 2. The number of aliphatic hydroxyl groups excluding tert-OH is 1. The second kappa shape index (κ2) is 13.0. The Balaban J connectivity index is 1.37. The number of halogens is 1. The highest BCUT2D eigenvalue weighted by Crippen LogP contribution is 2.53. The fraction of sp³-hybridized carbons (Fsp3) is 0.760. The van der Waals surface area contributed by atoms with Gasteiger partial charge in [-0.3, -0.25) is 4.57 Å². The molecule has 1 saturated carbocycles. The maximum atomic E-state index is 13.2. The average molecular weight is 634 g/mol. The lowest BCUT2D eigenvalue weighted by Gasteiger charge is -2.27. The van der Waals surface area contributed by atoms with Gasteiger partial charge in [-0.2, -0.15) is 15.1 Å². The molecule has 0 bridgehead atoms. The number of fused-ring (bicyclic) bond motifs is 2. The molecule has 2 aromatic heterocycles. The van der Waals surface area contributed by atoms with Gasteiger partial charge in [0.2, 0.25) is 11.2 Å². The summed E-state index contributed by atoms with van der Waals surface area (Å²) in [7, 11) is -3.76. The topological polar surface area (TPSA) is 175 Å². The van der Waals surface area contributed by atoms with E-state index in [2.05, 4.69) is 20.4 Å². The summed E-state index contributed by atoms with van der Waals surface area (Å²) in [5, 5.41) is 17.4. The van der Waals surface area contributed by atoms with Crippen LogP contribution in [0, 0.1) is 0 Å². The Labute approximate surface area is 248 Å². The molecule has 0 aromatic carbocycles. The average Bonchev–Trinajstić information content (AvgIpc) is 3.69. The van der Waals surface area contributed by atoms with E-state index in [4.69, 9.17) is 44.3 Å². The number of amides is 1. The molecule has 234 valence electrons. The Bertz CT molecular complexity index is 1300. The molecule has 0 radical (unpaired) electrons. The van der Waals surface area contributed by atoms with Gasteiger partial charge in [0.1, 0.15) is 23.7 Å². The van der Waals surface area contributed by atoms with Crippen molar-refractivity contribution in [2.45, 2.75) is 95.6 Å². The standard InChI is InChI=1S/C25H37ClN5O10P/c1-5-36-42(34,37-6-2)17(12-32)35-13-16-18-19(41-25(3,4)40-18)22(38-16)31-20-15(11-27-31)21(30-23(26)29-20)39-24(33)28-14-9-7-8-10-14/h11,14,16-19,22,32H,5-10,12-13H2,1-4H3,(H,28,33)/t16-,17?,18-,19-,22-/m1/s1. The summed E-state index contributed by atoms with van der Waals surface area (Å²) in [6.45, 7) is 6.37. The zero-order chi connectivity index (χ0) is 30.1. The SMILES string of the molecule is CCOP(=O)(OCC)C(CO)OC[C@H]1O[C@@H](n2ncc3c(OC(=O)NC4CCCC4)nc(Cl)nc32)[C@@H]2OC(C)(C)O[C@@H]21. The van der Waals surface area contributed by atoms with Gasteiger partial charge in [-0.1, -0.05) is 12.8 Å². The molecule has 5 atom stereocenters. The van der Waals surface area contributed by atoms with Gasteiger partial charge in [-0.15, -0.1) is 0 Å². The van der Waals surface area contributed by atoms with E-state index in [0.717, 1.165) is 25.7 Å². The molecule has 4 heterocycles. The number of carbonyl (C=O) groups is 1. The van der Waals surface area contributed by atoms with Gasteiger partial charge in [0.05, 0.1) is 32.6 Å². The number of rotatable bonds is 12. The summed E-state index contributed by atoms with van der Waals surface area (Å²) in [4.78, 5) is 21.0. The highest BCUT2D eigenvalue weighted by molar-refractivity contribution is 7.54. The predicted octanol–water partition coefficient (Wildman–Crippen LogP) is 3.53. The van der Waals surface area contributed by atoms with E-state index >= 15 is 0 Å². The van der Waals surface area contributed by atoms with Crippen LogP contribution in [-0.4, -0.2) is 93.4 Å². The zero-order valence-electron chi connectivity index (χ0n) is 23.9. The molecular weight excluding hydrogens is 597 g/mol. The number of aliphatic hydroxyl groups is 1. The molecule has 3 aliphatic rings. The first-order valence-electron chi connectivity index (χ1n) is 14.1. The Morgan fingerprint density at radius 2 is 1.90 bits per heavy atom. The van der Waals surface area contributed by atoms with Gasteiger partial charge in [0, 0.05) is 6.04 Å². The number of nitrogens with zero attached hydrogens (tertiary/aromatic N) is 4. The van der Waals surface area contributed by atoms with E-state index in [1.54, 1.807) is 27.7 Å². The van der Waals surface area contributed by atoms with Crippen molar-refractivity contribution in [1.82, 2.24) is 25.1 Å². The number of aromatic nitrogens is 4. The molecule has 2 aromatic rings. The summed E-state index contributed by atoms with van der Waals surface area (Å²) in [5.41, 5.74) is 0.253. The fourth-order valence-electron chi connectivity index (χ4n) is 5.50. The Hall–Kier alpha value is -1.94. The molecule has 1 aliphatic carbocycles. The van der Waals surface area contributed by atoms with Crippen LogP contribution < -0.4 is 10.1 Å². The molecule has 5 rings (SSSR count). The minimum absolute atomic E-state index is 0.0431. The molecule has 42 heavy (non-hydrogen) atoms. The van der Waals surface area contributed by atoms with E-state index < -0.39 is 56.5 Å². The maximum Gasteiger partial charge on any atom is 0.414 e. The molecule has 2 saturated heterocycles. The molecule has 15 nitrogen and oxygen atoms in total. The van der Waals surface area contributed by atoms with E-state index in [-0.39, 0.29) is 42.7 Å². The van der Waals surface area contributed by atoms with Crippen molar-refractivity contribution in [3.63, 3.8) is 0 Å². The third-order valence-corrected chi connectivity index (χ3v) is 9.63. The van der Waals surface area contributed by atoms with Crippen LogP contribution in [-0.2, 0) is 32.6 Å². The Morgan fingerprint density at radius 3 is 2.57 bits per heavy atom. The Kier molecular flexibility index (Phi) is 9.72. The van der Waals surface area contributed by atoms with Crippen molar-refractivity contribution in [1.29, 1.82) is 0 Å². The van der Waals surface area contributed by atoms with Crippen molar-refractivity contribution < 1.29 is 47.2 Å². The zero-order valence-corrected chi connectivity index (χ0v) is 25.6. The van der Waals surface area contributed by atoms with Crippen LogP contribution in [0.1, 0.15) is 59.6 Å². The van der Waals surface area contributed by atoms with Crippen molar-refractivity contribution >= 4 is 36.3 Å². The van der Waals surface area contributed by atoms with Crippen LogP contribution in [0.3, 0.4) is 0 Å². The van der Waals surface area contributed by atoms with Crippen molar-refractivity contribution in [2.75, 3.05) is 26.4 Å². The minimum atomic E-state index is -3.76. The number of ether oxygens (including phenoxy) is 5. The number of carbonyl (C=O) groups excluding carboxylic acids is 1. The Morgan fingerprint density at radius 1 is 1.21 bits per heavy atom. The van der Waals surface area contributed by atoms with E-state index in [1.807, 2.05) is 0 Å². The highest BCUT2D eigenvalue weighted by Gasteiger charge is 2.57. The second-order valence-corrected chi connectivity index (χ2v) is 13.1. The van der Waals surface area contributed by atoms with Crippen molar-refractivity contribution in [3.8, 4) is 5.88 Å². The largest absolute Gasteiger partial charge is 0.414 e. The summed E-state index contributed by atoms with van der Waals surface area (Å²) in [6, 6.07) is 0.0558. The first-order valence-corrected chi connectivity index (χ1v) is 16.1. The molecular formula is C25H37ClN5O10P. The van der Waals surface area contributed by atoms with Gasteiger partial charge in [0.15, 0.2) is 23.5 Å². The lowest BCUT2D eigenvalue weighted by atomic mass is 10.1. The summed E-state index contributed by atoms with van der Waals surface area (Å²) in [6.07, 6.45) is 1.86. The molecule has 2 N–H and O–H groups in total. The van der Waals surface area contributed by atoms with Crippen LogP contribution in [0.2, 0.25) is 5.28 Å². The lowest BCUT2D eigenvalue weighted by molar-refractivity contribution is -0.204. The van der Waals surface area contributed by atoms with E-state index in [1.165, 1.54) is 10.9 Å². The van der Waals surface area contributed by atoms with Gasteiger partial charge in [-0.25, -0.2) is 9.48 Å². The van der Waals surface area contributed by atoms with Gasteiger partial charge in [-0.05, 0) is 52.1 Å². The quantitative estimate of drug-likeness (QED) is 0.257. The third kappa shape index (κ3) is 6.59. The molecule has 0 spiro atoms. The summed E-state index contributed by atoms with van der Waals surface area (Å²) >= 11 is 6.23. The predicted molar refractivity (Wildman–Crippen MR) is 147 cm³/mol. The van der Waals surface area contributed by atoms with Crippen LogP contribution in [0.15, 0.2) is 6.20 Å². The summed E-state index contributed by atoms with van der Waals surface area (Å²) in [5.74, 6) is -2.24. The third-order valence-electron chi connectivity index (χ3n) is 7.20. The minimum Gasteiger partial charge on any atom is -0.393 e. The molecule has 3 fully saturated rings. The van der Waals surface area contributed by atoms with Gasteiger partial charge >= 0.3 is 13.7 Å². The first-order chi connectivity index (χ1) is 20.1. The van der Waals surface area contributed by atoms with Crippen LogP contribution in [0.25, 0.3) is 11.0 Å². The second-order valence-electron chi connectivity index (χ2n) is 10.6. The number of nitrogens with one attached hydrogen (secondary N) is 1. The molecule has 1 unspecified atom stereocenters. The first kappa shape index (κ1) is 31.5. The fourth-order valence-corrected chi connectivity index (χ4v) is 7.25. The molecule has 2 aliphatic heterocycles.